The second kappa shape index (κ2) is 8.45. The molecule has 0 aliphatic heterocycles. The lowest BCUT2D eigenvalue weighted by molar-refractivity contribution is 0.0317. The Balaban J connectivity index is 1.67. The number of ether oxygens (including phenoxy) is 1. The molecule has 4 rings (SSSR count). The van der Waals surface area contributed by atoms with Gasteiger partial charge in [0.15, 0.2) is 14.7 Å². The zero-order chi connectivity index (χ0) is 18.5. The molecular weight excluding hydrogens is 352 g/mol. The normalized spacial score (nSPS) is 14.4. The van der Waals surface area contributed by atoms with Crippen LogP contribution in [0, 0.1) is 0 Å². The minimum atomic E-state index is -0.253. The number of hydrogen-bond acceptors (Lipinski definition) is 2. The van der Waals surface area contributed by atoms with Crippen LogP contribution >= 0.6 is 0 Å². The summed E-state index contributed by atoms with van der Waals surface area (Å²) < 4.78 is 5.71. The van der Waals surface area contributed by atoms with Gasteiger partial charge < -0.3 is 4.74 Å². The third-order valence-corrected chi connectivity index (χ3v) is 7.05. The van der Waals surface area contributed by atoms with Crippen molar-refractivity contribution in [3.05, 3.63) is 90.5 Å². The third-order valence-electron chi connectivity index (χ3n) is 4.84. The summed E-state index contributed by atoms with van der Waals surface area (Å²) in [6, 6.07) is 28.9. The van der Waals surface area contributed by atoms with Crippen LogP contribution in [0.25, 0.3) is 0 Å². The third kappa shape index (κ3) is 4.25. The molecule has 1 aliphatic rings. The SMILES string of the molecule is O=C(OC1CCCC1)c1cccc([S+](c2ccccc2)c2ccccc2)c1. The van der Waals surface area contributed by atoms with Crippen LogP contribution in [0.15, 0.2) is 99.6 Å². The van der Waals surface area contributed by atoms with E-state index in [4.69, 9.17) is 4.74 Å². The summed E-state index contributed by atoms with van der Waals surface area (Å²) >= 11 is 0. The first-order valence-electron chi connectivity index (χ1n) is 9.47. The minimum absolute atomic E-state index is 0.0858. The highest BCUT2D eigenvalue weighted by Gasteiger charge is 2.29. The summed E-state index contributed by atoms with van der Waals surface area (Å²) in [5, 5.41) is 0. The molecule has 3 aromatic carbocycles. The number of carbonyl (C=O) groups is 1. The van der Waals surface area contributed by atoms with E-state index >= 15 is 0 Å². The monoisotopic (exact) mass is 375 g/mol. The van der Waals surface area contributed by atoms with Crippen molar-refractivity contribution in [3.8, 4) is 0 Å². The van der Waals surface area contributed by atoms with Gasteiger partial charge in [0.25, 0.3) is 0 Å². The highest BCUT2D eigenvalue weighted by Crippen LogP contribution is 2.31. The summed E-state index contributed by atoms with van der Waals surface area (Å²) in [6.07, 6.45) is 4.38. The maximum Gasteiger partial charge on any atom is 0.338 e. The molecule has 0 radical (unpaired) electrons. The van der Waals surface area contributed by atoms with Gasteiger partial charge >= 0.3 is 5.97 Å². The lowest BCUT2D eigenvalue weighted by atomic mass is 10.2. The van der Waals surface area contributed by atoms with E-state index in [1.165, 1.54) is 9.79 Å². The standard InChI is InChI=1S/C24H23O2S/c25-24(26-20-11-7-8-12-20)19-10-9-17-23(18-19)27(21-13-3-1-4-14-21)22-15-5-2-6-16-22/h1-6,9-10,13-18,20H,7-8,11-12H2/q+1. The smallest absolute Gasteiger partial charge is 0.338 e. The summed E-state index contributed by atoms with van der Waals surface area (Å²) in [5.41, 5.74) is 0.642. The van der Waals surface area contributed by atoms with Gasteiger partial charge in [-0.15, -0.1) is 0 Å². The van der Waals surface area contributed by atoms with E-state index in [-0.39, 0.29) is 23.0 Å². The minimum Gasteiger partial charge on any atom is -0.459 e. The van der Waals surface area contributed by atoms with Crippen LogP contribution in [0.2, 0.25) is 0 Å². The van der Waals surface area contributed by atoms with Crippen LogP contribution in [0.3, 0.4) is 0 Å². The number of benzene rings is 3. The molecule has 3 aromatic rings. The number of hydrogen-bond donors (Lipinski definition) is 0. The van der Waals surface area contributed by atoms with Gasteiger partial charge in [-0.25, -0.2) is 4.79 Å². The highest BCUT2D eigenvalue weighted by molar-refractivity contribution is 7.97. The van der Waals surface area contributed by atoms with Crippen molar-refractivity contribution >= 4 is 16.9 Å². The molecule has 0 saturated heterocycles. The fourth-order valence-electron chi connectivity index (χ4n) is 3.50. The molecular formula is C24H23O2S+. The van der Waals surface area contributed by atoms with Crippen molar-refractivity contribution in [2.45, 2.75) is 46.5 Å². The molecule has 0 heterocycles. The topological polar surface area (TPSA) is 26.3 Å². The van der Waals surface area contributed by atoms with E-state index in [9.17, 15) is 4.79 Å². The van der Waals surface area contributed by atoms with Crippen molar-refractivity contribution in [1.29, 1.82) is 0 Å². The van der Waals surface area contributed by atoms with E-state index < -0.39 is 0 Å². The van der Waals surface area contributed by atoms with Crippen molar-refractivity contribution in [3.63, 3.8) is 0 Å². The van der Waals surface area contributed by atoms with Crippen molar-refractivity contribution < 1.29 is 9.53 Å². The van der Waals surface area contributed by atoms with Gasteiger partial charge in [-0.2, -0.15) is 0 Å². The largest absolute Gasteiger partial charge is 0.459 e. The first-order chi connectivity index (χ1) is 13.3. The Hall–Kier alpha value is -2.52. The summed E-state index contributed by atoms with van der Waals surface area (Å²) in [6.45, 7) is 0. The molecule has 27 heavy (non-hydrogen) atoms. The van der Waals surface area contributed by atoms with Gasteiger partial charge in [0.1, 0.15) is 6.10 Å². The molecule has 0 atom stereocenters. The molecule has 0 amide bonds. The summed E-state index contributed by atoms with van der Waals surface area (Å²) in [7, 11) is -0.253. The van der Waals surface area contributed by atoms with Gasteiger partial charge in [-0.05, 0) is 62.1 Å². The van der Waals surface area contributed by atoms with Gasteiger partial charge in [0, 0.05) is 6.07 Å². The zero-order valence-corrected chi connectivity index (χ0v) is 16.0. The van der Waals surface area contributed by atoms with E-state index in [1.54, 1.807) is 0 Å². The fraction of sp³-hybridized carbons (Fsp3) is 0.208. The zero-order valence-electron chi connectivity index (χ0n) is 15.2. The Morgan fingerprint density at radius 3 is 1.89 bits per heavy atom. The molecule has 0 bridgehead atoms. The summed E-state index contributed by atoms with van der Waals surface area (Å²) in [5.74, 6) is -0.201. The molecule has 0 spiro atoms. The van der Waals surface area contributed by atoms with Crippen LogP contribution < -0.4 is 0 Å². The van der Waals surface area contributed by atoms with Crippen LogP contribution in [0.5, 0.6) is 0 Å². The van der Waals surface area contributed by atoms with E-state index in [1.807, 2.05) is 30.3 Å². The lowest BCUT2D eigenvalue weighted by Gasteiger charge is -2.12. The van der Waals surface area contributed by atoms with E-state index in [2.05, 4.69) is 54.6 Å². The predicted molar refractivity (Wildman–Crippen MR) is 109 cm³/mol. The molecule has 1 aliphatic carbocycles. The number of rotatable bonds is 5. The summed E-state index contributed by atoms with van der Waals surface area (Å²) in [4.78, 5) is 16.2. The Kier molecular flexibility index (Phi) is 5.59. The number of esters is 1. The Morgan fingerprint density at radius 2 is 1.30 bits per heavy atom. The van der Waals surface area contributed by atoms with E-state index in [0.717, 1.165) is 30.6 Å². The first kappa shape index (κ1) is 17.9. The van der Waals surface area contributed by atoms with Gasteiger partial charge in [-0.1, -0.05) is 42.5 Å². The predicted octanol–water partition coefficient (Wildman–Crippen LogP) is 5.88. The molecule has 0 unspecified atom stereocenters. The van der Waals surface area contributed by atoms with Crippen LogP contribution in [0.4, 0.5) is 0 Å². The maximum atomic E-state index is 12.6. The maximum absolute atomic E-state index is 12.6. The Morgan fingerprint density at radius 1 is 0.741 bits per heavy atom. The van der Waals surface area contributed by atoms with Crippen molar-refractivity contribution in [2.24, 2.45) is 0 Å². The van der Waals surface area contributed by atoms with E-state index in [0.29, 0.717) is 5.56 Å². The Bertz CT molecular complexity index is 847. The molecule has 0 N–H and O–H groups in total. The van der Waals surface area contributed by atoms with Gasteiger partial charge in [0.05, 0.1) is 16.5 Å². The fourth-order valence-corrected chi connectivity index (χ4v) is 5.63. The highest BCUT2D eigenvalue weighted by atomic mass is 32.2. The van der Waals surface area contributed by atoms with Crippen LogP contribution in [0.1, 0.15) is 36.0 Å². The second-order valence-electron chi connectivity index (χ2n) is 6.77. The molecule has 136 valence electrons. The molecule has 1 fully saturated rings. The van der Waals surface area contributed by atoms with Crippen molar-refractivity contribution in [2.75, 3.05) is 0 Å². The van der Waals surface area contributed by atoms with Gasteiger partial charge in [0.2, 0.25) is 0 Å². The second-order valence-corrected chi connectivity index (χ2v) is 8.80. The average molecular weight is 376 g/mol. The quantitative estimate of drug-likeness (QED) is 0.411. The van der Waals surface area contributed by atoms with Crippen molar-refractivity contribution in [1.82, 2.24) is 0 Å². The number of carbonyl (C=O) groups excluding carboxylic acids is 1. The first-order valence-corrected chi connectivity index (χ1v) is 10.7. The molecule has 1 saturated carbocycles. The average Bonchev–Trinajstić information content (AvgIpc) is 3.23. The van der Waals surface area contributed by atoms with Gasteiger partial charge in [-0.3, -0.25) is 0 Å². The molecule has 2 nitrogen and oxygen atoms in total. The van der Waals surface area contributed by atoms with Crippen LogP contribution in [-0.2, 0) is 15.6 Å². The molecule has 3 heteroatoms. The molecule has 0 aromatic heterocycles. The lowest BCUT2D eigenvalue weighted by Crippen LogP contribution is -2.15. The Labute approximate surface area is 163 Å². The van der Waals surface area contributed by atoms with Crippen LogP contribution in [-0.4, -0.2) is 12.1 Å².